The van der Waals surface area contributed by atoms with Gasteiger partial charge in [-0.3, -0.25) is 9.59 Å². The molecular formula is C22H38O5. The van der Waals surface area contributed by atoms with Crippen molar-refractivity contribution in [2.24, 2.45) is 11.8 Å². The Balaban J connectivity index is 2.60. The highest BCUT2D eigenvalue weighted by Gasteiger charge is 2.47. The highest BCUT2D eigenvalue weighted by molar-refractivity contribution is 5.85. The maximum atomic E-state index is 12.4. The Kier molecular flexibility index (Phi) is 9.68. The van der Waals surface area contributed by atoms with E-state index in [2.05, 4.69) is 6.92 Å². The molecule has 0 aromatic heterocycles. The molecule has 0 aromatic carbocycles. The first-order valence-corrected chi connectivity index (χ1v) is 10.5. The van der Waals surface area contributed by atoms with E-state index in [1.807, 2.05) is 6.08 Å². The number of carboxylic acids is 1. The van der Waals surface area contributed by atoms with Gasteiger partial charge in [0.05, 0.1) is 11.2 Å². The third kappa shape index (κ3) is 8.56. The zero-order valence-corrected chi connectivity index (χ0v) is 17.2. The van der Waals surface area contributed by atoms with Crippen molar-refractivity contribution in [3.05, 3.63) is 12.2 Å². The zero-order valence-electron chi connectivity index (χ0n) is 17.2. The fraction of sp³-hybridized carbons (Fsp3) is 0.818. The van der Waals surface area contributed by atoms with E-state index in [9.17, 15) is 19.8 Å². The molecule has 0 amide bonds. The van der Waals surface area contributed by atoms with Crippen LogP contribution in [0, 0.1) is 11.8 Å². The van der Waals surface area contributed by atoms with Crippen molar-refractivity contribution < 1.29 is 24.9 Å². The Morgan fingerprint density at radius 2 is 1.89 bits per heavy atom. The Labute approximate surface area is 163 Å². The van der Waals surface area contributed by atoms with E-state index in [4.69, 9.17) is 5.11 Å². The number of Topliss-reactive ketones (excluding diaryl/α,β-unsaturated/α-hetero) is 1. The zero-order chi connectivity index (χ0) is 20.5. The molecule has 0 spiro atoms. The van der Waals surface area contributed by atoms with Gasteiger partial charge in [-0.25, -0.2) is 0 Å². The van der Waals surface area contributed by atoms with E-state index in [1.165, 1.54) is 0 Å². The lowest BCUT2D eigenvalue weighted by atomic mass is 9.82. The second-order valence-corrected chi connectivity index (χ2v) is 8.65. The van der Waals surface area contributed by atoms with Gasteiger partial charge >= 0.3 is 5.97 Å². The molecule has 1 unspecified atom stereocenters. The predicted molar refractivity (Wildman–Crippen MR) is 106 cm³/mol. The van der Waals surface area contributed by atoms with Crippen molar-refractivity contribution in [1.82, 2.24) is 0 Å². The SMILES string of the molecule is CCCCCC(C)(O)C=C[C@@H]1[C@@H](CCCCCCC(=O)O)C(=O)C[C@@]1(C)O. The number of aliphatic carboxylic acids is 1. The summed E-state index contributed by atoms with van der Waals surface area (Å²) in [6, 6.07) is 0. The van der Waals surface area contributed by atoms with E-state index < -0.39 is 17.2 Å². The van der Waals surface area contributed by atoms with Gasteiger partial charge in [-0.1, -0.05) is 57.6 Å². The smallest absolute Gasteiger partial charge is 0.303 e. The summed E-state index contributed by atoms with van der Waals surface area (Å²) in [7, 11) is 0. The first kappa shape index (κ1) is 23.8. The number of carbonyl (C=O) groups excluding carboxylic acids is 1. The molecule has 5 heteroatoms. The summed E-state index contributed by atoms with van der Waals surface area (Å²) < 4.78 is 0. The second kappa shape index (κ2) is 11.0. The van der Waals surface area contributed by atoms with E-state index in [-0.39, 0.29) is 30.5 Å². The minimum absolute atomic E-state index is 0.0887. The summed E-state index contributed by atoms with van der Waals surface area (Å²) in [5.41, 5.74) is -1.99. The Bertz CT molecular complexity index is 507. The minimum Gasteiger partial charge on any atom is -0.481 e. The highest BCUT2D eigenvalue weighted by atomic mass is 16.4. The number of ketones is 1. The number of carbonyl (C=O) groups is 2. The molecule has 0 saturated heterocycles. The summed E-state index contributed by atoms with van der Waals surface area (Å²) in [5.74, 6) is -1.18. The molecule has 0 bridgehead atoms. The van der Waals surface area contributed by atoms with Crippen LogP contribution >= 0.6 is 0 Å². The van der Waals surface area contributed by atoms with Crippen LogP contribution in [0.15, 0.2) is 12.2 Å². The number of hydrogen-bond acceptors (Lipinski definition) is 4. The predicted octanol–water partition coefficient (Wildman–Crippen LogP) is 4.26. The van der Waals surface area contributed by atoms with Crippen molar-refractivity contribution >= 4 is 11.8 Å². The first-order valence-electron chi connectivity index (χ1n) is 10.5. The Hall–Kier alpha value is -1.20. The molecule has 5 nitrogen and oxygen atoms in total. The van der Waals surface area contributed by atoms with Crippen molar-refractivity contribution in [2.45, 2.75) is 103 Å². The molecule has 156 valence electrons. The average molecular weight is 383 g/mol. The lowest BCUT2D eigenvalue weighted by Gasteiger charge is -2.27. The van der Waals surface area contributed by atoms with Crippen LogP contribution in [0.2, 0.25) is 0 Å². The summed E-state index contributed by atoms with van der Waals surface area (Å²) in [5, 5.41) is 29.9. The molecule has 1 aliphatic rings. The molecular weight excluding hydrogens is 344 g/mol. The van der Waals surface area contributed by atoms with Gasteiger partial charge in [0.2, 0.25) is 0 Å². The van der Waals surface area contributed by atoms with Gasteiger partial charge in [-0.2, -0.15) is 0 Å². The molecule has 27 heavy (non-hydrogen) atoms. The fourth-order valence-electron chi connectivity index (χ4n) is 4.04. The monoisotopic (exact) mass is 382 g/mol. The molecule has 1 fully saturated rings. The highest BCUT2D eigenvalue weighted by Crippen LogP contribution is 2.41. The van der Waals surface area contributed by atoms with E-state index in [1.54, 1.807) is 19.9 Å². The summed E-state index contributed by atoms with van der Waals surface area (Å²) in [6.07, 6.45) is 11.7. The fourth-order valence-corrected chi connectivity index (χ4v) is 4.04. The third-order valence-electron chi connectivity index (χ3n) is 5.70. The number of unbranched alkanes of at least 4 members (excludes halogenated alkanes) is 5. The van der Waals surface area contributed by atoms with Crippen LogP contribution in [0.3, 0.4) is 0 Å². The van der Waals surface area contributed by atoms with Crippen LogP contribution in [-0.2, 0) is 9.59 Å². The second-order valence-electron chi connectivity index (χ2n) is 8.65. The summed E-state index contributed by atoms with van der Waals surface area (Å²) in [4.78, 5) is 22.9. The third-order valence-corrected chi connectivity index (χ3v) is 5.70. The maximum absolute atomic E-state index is 12.4. The number of rotatable bonds is 13. The molecule has 0 radical (unpaired) electrons. The van der Waals surface area contributed by atoms with Gasteiger partial charge in [0, 0.05) is 24.7 Å². The van der Waals surface area contributed by atoms with Crippen molar-refractivity contribution in [3.8, 4) is 0 Å². The number of hydrogen-bond donors (Lipinski definition) is 3. The van der Waals surface area contributed by atoms with Gasteiger partial charge in [-0.05, 0) is 33.1 Å². The lowest BCUT2D eigenvalue weighted by molar-refractivity contribution is -0.137. The standard InChI is InChI=1S/C22H38O5/c1-4-5-10-14-21(2,26)15-13-18-17(19(23)16-22(18,3)27)11-8-6-7-9-12-20(24)25/h13,15,17-18,26-27H,4-12,14,16H2,1-3H3,(H,24,25)/t17-,18-,21?,22-/m1/s1. The van der Waals surface area contributed by atoms with Gasteiger partial charge in [0.25, 0.3) is 0 Å². The molecule has 0 aliphatic heterocycles. The summed E-state index contributed by atoms with van der Waals surface area (Å²) >= 11 is 0. The quantitative estimate of drug-likeness (QED) is 0.327. The van der Waals surface area contributed by atoms with Crippen LogP contribution < -0.4 is 0 Å². The van der Waals surface area contributed by atoms with Crippen LogP contribution in [0.1, 0.15) is 91.4 Å². The van der Waals surface area contributed by atoms with Gasteiger partial charge in [-0.15, -0.1) is 0 Å². The summed E-state index contributed by atoms with van der Waals surface area (Å²) in [6.45, 7) is 5.61. The van der Waals surface area contributed by atoms with Crippen molar-refractivity contribution in [1.29, 1.82) is 0 Å². The molecule has 4 atom stereocenters. The lowest BCUT2D eigenvalue weighted by Crippen LogP contribution is -2.31. The van der Waals surface area contributed by atoms with E-state index >= 15 is 0 Å². The van der Waals surface area contributed by atoms with Crippen LogP contribution in [0.4, 0.5) is 0 Å². The van der Waals surface area contributed by atoms with Crippen LogP contribution in [-0.4, -0.2) is 38.3 Å². The van der Waals surface area contributed by atoms with E-state index in [0.29, 0.717) is 19.3 Å². The molecule has 1 rings (SSSR count). The molecule has 3 N–H and O–H groups in total. The maximum Gasteiger partial charge on any atom is 0.303 e. The van der Waals surface area contributed by atoms with Crippen LogP contribution in [0.25, 0.3) is 0 Å². The molecule has 1 aliphatic carbocycles. The van der Waals surface area contributed by atoms with Gasteiger partial charge in [0.15, 0.2) is 0 Å². The molecule has 1 saturated carbocycles. The van der Waals surface area contributed by atoms with Crippen LogP contribution in [0.5, 0.6) is 0 Å². The molecule has 0 heterocycles. The van der Waals surface area contributed by atoms with Gasteiger partial charge < -0.3 is 15.3 Å². The van der Waals surface area contributed by atoms with Gasteiger partial charge in [0.1, 0.15) is 5.78 Å². The Morgan fingerprint density at radius 3 is 2.52 bits per heavy atom. The first-order chi connectivity index (χ1) is 12.6. The topological polar surface area (TPSA) is 94.8 Å². The van der Waals surface area contributed by atoms with E-state index in [0.717, 1.165) is 38.5 Å². The van der Waals surface area contributed by atoms with Crippen molar-refractivity contribution in [2.75, 3.05) is 0 Å². The number of aliphatic hydroxyl groups is 2. The Morgan fingerprint density at radius 1 is 1.22 bits per heavy atom. The largest absolute Gasteiger partial charge is 0.481 e. The average Bonchev–Trinajstić information content (AvgIpc) is 2.76. The van der Waals surface area contributed by atoms with Crippen molar-refractivity contribution in [3.63, 3.8) is 0 Å². The molecule has 0 aromatic rings. The number of carboxylic acid groups (broad SMARTS) is 1. The normalized spacial score (nSPS) is 28.0. The minimum atomic E-state index is -1.07.